The SMILES string of the molecule is Cc1ccc(-c2noc(C)c2COc2ccc(C(=O)NC3CCS(=O)(=O)C3)nn2)cn1. The first-order valence-corrected chi connectivity index (χ1v) is 11.5. The molecule has 0 spiro atoms. The molecule has 3 aromatic rings. The topological polar surface area (TPSA) is 137 Å². The molecule has 1 aliphatic heterocycles. The third kappa shape index (κ3) is 4.88. The fourth-order valence-electron chi connectivity index (χ4n) is 3.23. The van der Waals surface area contributed by atoms with Gasteiger partial charge in [-0.05, 0) is 38.5 Å². The molecule has 1 N–H and O–H groups in total. The highest BCUT2D eigenvalue weighted by Crippen LogP contribution is 2.26. The lowest BCUT2D eigenvalue weighted by Crippen LogP contribution is -2.36. The van der Waals surface area contributed by atoms with Crippen LogP contribution in [0.4, 0.5) is 0 Å². The summed E-state index contributed by atoms with van der Waals surface area (Å²) < 4.78 is 34.0. The third-order valence-corrected chi connectivity index (χ3v) is 6.74. The molecule has 0 bridgehead atoms. The minimum atomic E-state index is -3.08. The number of aromatic nitrogens is 4. The van der Waals surface area contributed by atoms with E-state index in [-0.39, 0.29) is 29.7 Å². The zero-order valence-electron chi connectivity index (χ0n) is 17.0. The van der Waals surface area contributed by atoms with Crippen molar-refractivity contribution in [2.75, 3.05) is 11.5 Å². The molecule has 1 unspecified atom stereocenters. The Kier molecular flexibility index (Phi) is 5.68. The Morgan fingerprint density at radius 3 is 2.71 bits per heavy atom. The number of carbonyl (C=O) groups excluding carboxylic acids is 1. The van der Waals surface area contributed by atoms with Gasteiger partial charge in [0.05, 0.1) is 17.1 Å². The van der Waals surface area contributed by atoms with Crippen molar-refractivity contribution < 1.29 is 22.5 Å². The molecule has 1 amide bonds. The molecule has 162 valence electrons. The lowest BCUT2D eigenvalue weighted by atomic mass is 10.1. The van der Waals surface area contributed by atoms with Gasteiger partial charge in [0.25, 0.3) is 5.91 Å². The van der Waals surface area contributed by atoms with E-state index >= 15 is 0 Å². The molecule has 31 heavy (non-hydrogen) atoms. The number of rotatable bonds is 6. The average molecular weight is 443 g/mol. The number of carbonyl (C=O) groups is 1. The Balaban J connectivity index is 1.40. The van der Waals surface area contributed by atoms with Gasteiger partial charge in [0.2, 0.25) is 5.88 Å². The van der Waals surface area contributed by atoms with Crippen LogP contribution >= 0.6 is 0 Å². The number of pyridine rings is 1. The summed E-state index contributed by atoms with van der Waals surface area (Å²) in [6.07, 6.45) is 2.12. The first kappa shape index (κ1) is 20.9. The largest absolute Gasteiger partial charge is 0.472 e. The van der Waals surface area contributed by atoms with Crippen LogP contribution in [-0.4, -0.2) is 52.2 Å². The number of hydrogen-bond donors (Lipinski definition) is 1. The fraction of sp³-hybridized carbons (Fsp3) is 0.350. The normalized spacial score (nSPS) is 17.4. The molecule has 1 aliphatic rings. The van der Waals surface area contributed by atoms with E-state index in [9.17, 15) is 13.2 Å². The second-order valence-corrected chi connectivity index (χ2v) is 9.60. The zero-order valence-corrected chi connectivity index (χ0v) is 17.8. The maximum atomic E-state index is 12.3. The van der Waals surface area contributed by atoms with E-state index in [2.05, 4.69) is 25.7 Å². The van der Waals surface area contributed by atoms with Crippen molar-refractivity contribution in [1.29, 1.82) is 0 Å². The molecule has 10 nitrogen and oxygen atoms in total. The summed E-state index contributed by atoms with van der Waals surface area (Å²) in [6, 6.07) is 6.41. The monoisotopic (exact) mass is 443 g/mol. The van der Waals surface area contributed by atoms with E-state index in [4.69, 9.17) is 9.26 Å². The lowest BCUT2D eigenvalue weighted by Gasteiger charge is -2.10. The Labute approximate surface area is 179 Å². The smallest absolute Gasteiger partial charge is 0.272 e. The van der Waals surface area contributed by atoms with Crippen LogP contribution in [0.2, 0.25) is 0 Å². The lowest BCUT2D eigenvalue weighted by molar-refractivity contribution is 0.0934. The van der Waals surface area contributed by atoms with Crippen LogP contribution in [0.15, 0.2) is 35.0 Å². The molecule has 4 rings (SSSR count). The molecule has 1 fully saturated rings. The molecular weight excluding hydrogens is 422 g/mol. The summed E-state index contributed by atoms with van der Waals surface area (Å²) in [7, 11) is -3.08. The van der Waals surface area contributed by atoms with E-state index < -0.39 is 21.8 Å². The minimum absolute atomic E-state index is 0.0513. The highest BCUT2D eigenvalue weighted by atomic mass is 32.2. The Morgan fingerprint density at radius 1 is 1.23 bits per heavy atom. The van der Waals surface area contributed by atoms with E-state index in [1.807, 2.05) is 19.1 Å². The number of sulfone groups is 1. The first-order valence-electron chi connectivity index (χ1n) is 9.67. The van der Waals surface area contributed by atoms with Crippen LogP contribution in [0.5, 0.6) is 5.88 Å². The molecule has 0 aliphatic carbocycles. The van der Waals surface area contributed by atoms with Gasteiger partial charge in [0, 0.05) is 29.6 Å². The van der Waals surface area contributed by atoms with Crippen molar-refractivity contribution in [3.8, 4) is 17.1 Å². The average Bonchev–Trinajstić information content (AvgIpc) is 3.28. The van der Waals surface area contributed by atoms with Crippen LogP contribution in [0.25, 0.3) is 11.3 Å². The van der Waals surface area contributed by atoms with E-state index in [0.29, 0.717) is 17.9 Å². The van der Waals surface area contributed by atoms with Crippen molar-refractivity contribution in [3.63, 3.8) is 0 Å². The van der Waals surface area contributed by atoms with Crippen molar-refractivity contribution in [3.05, 3.63) is 53.2 Å². The van der Waals surface area contributed by atoms with Crippen molar-refractivity contribution >= 4 is 15.7 Å². The summed E-state index contributed by atoms with van der Waals surface area (Å²) in [5.74, 6) is 0.411. The molecule has 4 heterocycles. The summed E-state index contributed by atoms with van der Waals surface area (Å²) in [5.41, 5.74) is 3.20. The van der Waals surface area contributed by atoms with Gasteiger partial charge >= 0.3 is 0 Å². The molecule has 0 saturated carbocycles. The van der Waals surface area contributed by atoms with Gasteiger partial charge in [-0.15, -0.1) is 10.2 Å². The standard InChI is InChI=1S/C20H21N5O5S/c1-12-3-4-14(9-21-12)19-16(13(2)30-25-19)10-29-18-6-5-17(23-24-18)20(26)22-15-7-8-31(27,28)11-15/h3-6,9,15H,7-8,10-11H2,1-2H3,(H,22,26). The maximum absolute atomic E-state index is 12.3. The zero-order chi connectivity index (χ0) is 22.0. The summed E-state index contributed by atoms with van der Waals surface area (Å²) in [4.78, 5) is 16.5. The first-order chi connectivity index (χ1) is 14.8. The van der Waals surface area contributed by atoms with Gasteiger partial charge in [-0.25, -0.2) is 8.42 Å². The molecule has 0 aromatic carbocycles. The van der Waals surface area contributed by atoms with Crippen LogP contribution in [-0.2, 0) is 16.4 Å². The van der Waals surface area contributed by atoms with Crippen LogP contribution in [0.3, 0.4) is 0 Å². The van der Waals surface area contributed by atoms with E-state index in [1.165, 1.54) is 12.1 Å². The quantitative estimate of drug-likeness (QED) is 0.602. The number of nitrogens with zero attached hydrogens (tertiary/aromatic N) is 4. The second kappa shape index (κ2) is 8.42. The van der Waals surface area contributed by atoms with Crippen molar-refractivity contribution in [2.24, 2.45) is 0 Å². The predicted molar refractivity (Wildman–Crippen MR) is 110 cm³/mol. The molecule has 0 radical (unpaired) electrons. The number of hydrogen-bond acceptors (Lipinski definition) is 9. The second-order valence-electron chi connectivity index (χ2n) is 7.37. The Bertz CT molecular complexity index is 1190. The number of amides is 1. The van der Waals surface area contributed by atoms with E-state index in [1.54, 1.807) is 13.1 Å². The highest BCUT2D eigenvalue weighted by Gasteiger charge is 2.29. The van der Waals surface area contributed by atoms with Gasteiger partial charge in [0.15, 0.2) is 15.5 Å². The van der Waals surface area contributed by atoms with Gasteiger partial charge in [-0.2, -0.15) is 0 Å². The maximum Gasteiger partial charge on any atom is 0.272 e. The molecular formula is C20H21N5O5S. The summed E-state index contributed by atoms with van der Waals surface area (Å²) in [5, 5.41) is 14.6. The highest BCUT2D eigenvalue weighted by molar-refractivity contribution is 7.91. The number of ether oxygens (including phenoxy) is 1. The number of aryl methyl sites for hydroxylation is 2. The third-order valence-electron chi connectivity index (χ3n) is 4.97. The van der Waals surface area contributed by atoms with Crippen LogP contribution in [0, 0.1) is 13.8 Å². The molecule has 3 aromatic heterocycles. The number of nitrogens with one attached hydrogen (secondary N) is 1. The van der Waals surface area contributed by atoms with E-state index in [0.717, 1.165) is 16.8 Å². The summed E-state index contributed by atoms with van der Waals surface area (Å²) in [6.45, 7) is 3.85. The predicted octanol–water partition coefficient (Wildman–Crippen LogP) is 1.64. The fourth-order valence-corrected chi connectivity index (χ4v) is 4.90. The summed E-state index contributed by atoms with van der Waals surface area (Å²) >= 11 is 0. The minimum Gasteiger partial charge on any atom is -0.472 e. The van der Waals surface area contributed by atoms with Gasteiger partial charge in [-0.3, -0.25) is 9.78 Å². The van der Waals surface area contributed by atoms with Gasteiger partial charge in [-0.1, -0.05) is 5.16 Å². The molecule has 11 heteroatoms. The molecule has 1 saturated heterocycles. The Morgan fingerprint density at radius 2 is 2.06 bits per heavy atom. The van der Waals surface area contributed by atoms with Gasteiger partial charge < -0.3 is 14.6 Å². The Hall–Kier alpha value is -3.34. The van der Waals surface area contributed by atoms with Crippen molar-refractivity contribution in [2.45, 2.75) is 32.9 Å². The van der Waals surface area contributed by atoms with Crippen LogP contribution < -0.4 is 10.1 Å². The molecule has 1 atom stereocenters. The van der Waals surface area contributed by atoms with Crippen molar-refractivity contribution in [1.82, 2.24) is 25.7 Å². The van der Waals surface area contributed by atoms with Crippen LogP contribution in [0.1, 0.15) is 33.9 Å². The van der Waals surface area contributed by atoms with Gasteiger partial charge in [0.1, 0.15) is 18.1 Å².